The maximum atomic E-state index is 11.4. The Morgan fingerprint density at radius 3 is 2.33 bits per heavy atom. The van der Waals surface area contributed by atoms with Gasteiger partial charge in [0.25, 0.3) is 0 Å². The molecule has 0 aromatic heterocycles. The van der Waals surface area contributed by atoms with E-state index in [1.807, 2.05) is 20.8 Å². The topological polar surface area (TPSA) is 72.8 Å². The third-order valence-corrected chi connectivity index (χ3v) is 2.17. The zero-order valence-corrected chi connectivity index (χ0v) is 11.4. The molecule has 0 rings (SSSR count). The minimum absolute atomic E-state index is 0.0830. The molecule has 0 fully saturated rings. The van der Waals surface area contributed by atoms with Crippen molar-refractivity contribution in [1.82, 2.24) is 0 Å². The van der Waals surface area contributed by atoms with Crippen LogP contribution in [0, 0.1) is 5.92 Å². The summed E-state index contributed by atoms with van der Waals surface area (Å²) in [4.78, 5) is 22.5. The highest BCUT2D eigenvalue weighted by Crippen LogP contribution is 2.20. The van der Waals surface area contributed by atoms with Crippen LogP contribution in [-0.4, -0.2) is 35.4 Å². The molecule has 18 heavy (non-hydrogen) atoms. The number of carbonyl (C=O) groups excluding carboxylic acids is 1. The lowest BCUT2D eigenvalue weighted by atomic mass is 9.99. The Kier molecular flexibility index (Phi) is 6.62. The van der Waals surface area contributed by atoms with Crippen molar-refractivity contribution in [2.45, 2.75) is 45.8 Å². The molecule has 0 aromatic rings. The van der Waals surface area contributed by atoms with Gasteiger partial charge in [-0.25, -0.2) is 0 Å². The standard InChI is InChI=1S/C13H22O5/c1-6-7-17-11(14)8-10(12(15)16)9(2)18-13(3,4)5/h6,9-10H,1,7-8H2,2-5H3,(H,15,16)/t9-,10-/m0/s1. The maximum Gasteiger partial charge on any atom is 0.309 e. The SMILES string of the molecule is C=CCOC(=O)C[C@H](C(=O)O)[C@H](C)OC(C)(C)C. The third-order valence-electron chi connectivity index (χ3n) is 2.17. The quantitative estimate of drug-likeness (QED) is 0.558. The summed E-state index contributed by atoms with van der Waals surface area (Å²) in [5, 5.41) is 9.11. The second-order valence-electron chi connectivity index (χ2n) is 5.06. The largest absolute Gasteiger partial charge is 0.481 e. The molecule has 1 N–H and O–H groups in total. The Balaban J connectivity index is 4.52. The number of ether oxygens (including phenoxy) is 2. The van der Waals surface area contributed by atoms with E-state index >= 15 is 0 Å². The van der Waals surface area contributed by atoms with Gasteiger partial charge in [0.15, 0.2) is 0 Å². The van der Waals surface area contributed by atoms with Crippen LogP contribution < -0.4 is 0 Å². The first-order valence-corrected chi connectivity index (χ1v) is 5.84. The molecule has 0 aliphatic carbocycles. The van der Waals surface area contributed by atoms with Crippen LogP contribution in [0.15, 0.2) is 12.7 Å². The van der Waals surface area contributed by atoms with Gasteiger partial charge < -0.3 is 14.6 Å². The zero-order valence-electron chi connectivity index (χ0n) is 11.4. The summed E-state index contributed by atoms with van der Waals surface area (Å²) >= 11 is 0. The van der Waals surface area contributed by atoms with Crippen LogP contribution in [0.1, 0.15) is 34.1 Å². The molecule has 0 heterocycles. The van der Waals surface area contributed by atoms with E-state index in [4.69, 9.17) is 14.6 Å². The van der Waals surface area contributed by atoms with Crippen molar-refractivity contribution in [3.05, 3.63) is 12.7 Å². The molecule has 0 unspecified atom stereocenters. The maximum absolute atomic E-state index is 11.4. The second kappa shape index (κ2) is 7.16. The van der Waals surface area contributed by atoms with Gasteiger partial charge in [-0.2, -0.15) is 0 Å². The molecular weight excluding hydrogens is 236 g/mol. The van der Waals surface area contributed by atoms with Crippen LogP contribution in [0.3, 0.4) is 0 Å². The molecule has 0 radical (unpaired) electrons. The Labute approximate surface area is 108 Å². The number of hydrogen-bond acceptors (Lipinski definition) is 4. The number of rotatable bonds is 7. The Morgan fingerprint density at radius 1 is 1.39 bits per heavy atom. The smallest absolute Gasteiger partial charge is 0.309 e. The first kappa shape index (κ1) is 16.6. The van der Waals surface area contributed by atoms with Crippen molar-refractivity contribution >= 4 is 11.9 Å². The number of aliphatic carboxylic acids is 1. The minimum atomic E-state index is -1.07. The van der Waals surface area contributed by atoms with Gasteiger partial charge in [-0.15, -0.1) is 0 Å². The van der Waals surface area contributed by atoms with Crippen LogP contribution >= 0.6 is 0 Å². The fraction of sp³-hybridized carbons (Fsp3) is 0.692. The van der Waals surface area contributed by atoms with Gasteiger partial charge in [-0.05, 0) is 27.7 Å². The lowest BCUT2D eigenvalue weighted by Crippen LogP contribution is -2.36. The second-order valence-corrected chi connectivity index (χ2v) is 5.06. The lowest BCUT2D eigenvalue weighted by molar-refractivity contribution is -0.160. The van der Waals surface area contributed by atoms with Gasteiger partial charge in [0.1, 0.15) is 6.61 Å². The highest BCUT2D eigenvalue weighted by atomic mass is 16.5. The normalized spacial score (nSPS) is 14.7. The van der Waals surface area contributed by atoms with Crippen molar-refractivity contribution in [3.8, 4) is 0 Å². The molecular formula is C13H22O5. The fourth-order valence-electron chi connectivity index (χ4n) is 1.48. The van der Waals surface area contributed by atoms with Crippen molar-refractivity contribution in [3.63, 3.8) is 0 Å². The molecule has 0 amide bonds. The number of carboxylic acids is 1. The average molecular weight is 258 g/mol. The van der Waals surface area contributed by atoms with Crippen LogP contribution in [0.5, 0.6) is 0 Å². The van der Waals surface area contributed by atoms with Gasteiger partial charge in [0, 0.05) is 0 Å². The molecule has 0 aromatic carbocycles. The predicted molar refractivity (Wildman–Crippen MR) is 67.2 cm³/mol. The summed E-state index contributed by atoms with van der Waals surface area (Å²) in [5.74, 6) is -2.55. The molecule has 5 heteroatoms. The molecule has 0 aliphatic heterocycles. The van der Waals surface area contributed by atoms with E-state index in [1.165, 1.54) is 6.08 Å². The monoisotopic (exact) mass is 258 g/mol. The number of hydrogen-bond donors (Lipinski definition) is 1. The average Bonchev–Trinajstić information content (AvgIpc) is 2.19. The van der Waals surface area contributed by atoms with Crippen LogP contribution in [0.4, 0.5) is 0 Å². The van der Waals surface area contributed by atoms with E-state index in [1.54, 1.807) is 6.92 Å². The predicted octanol–water partition coefficient (Wildman–Crippen LogP) is 2.01. The van der Waals surface area contributed by atoms with E-state index in [9.17, 15) is 9.59 Å². The molecule has 2 atom stereocenters. The van der Waals surface area contributed by atoms with Gasteiger partial charge >= 0.3 is 11.9 Å². The summed E-state index contributed by atoms with van der Waals surface area (Å²) in [5.41, 5.74) is -0.460. The summed E-state index contributed by atoms with van der Waals surface area (Å²) in [6.07, 6.45) is 0.655. The first-order chi connectivity index (χ1) is 8.17. The van der Waals surface area contributed by atoms with Gasteiger partial charge in [0.05, 0.1) is 24.0 Å². The van der Waals surface area contributed by atoms with Crippen molar-refractivity contribution in [1.29, 1.82) is 0 Å². The fourth-order valence-corrected chi connectivity index (χ4v) is 1.48. The number of carboxylic acid groups (broad SMARTS) is 1. The van der Waals surface area contributed by atoms with Gasteiger partial charge in [0.2, 0.25) is 0 Å². The Hall–Kier alpha value is -1.36. The first-order valence-electron chi connectivity index (χ1n) is 5.84. The lowest BCUT2D eigenvalue weighted by Gasteiger charge is -2.28. The zero-order chi connectivity index (χ0) is 14.3. The Morgan fingerprint density at radius 2 is 1.94 bits per heavy atom. The summed E-state index contributed by atoms with van der Waals surface area (Å²) in [6, 6.07) is 0. The molecule has 0 saturated heterocycles. The molecule has 0 saturated carbocycles. The van der Waals surface area contributed by atoms with Crippen LogP contribution in [-0.2, 0) is 19.1 Å². The van der Waals surface area contributed by atoms with Gasteiger partial charge in [-0.1, -0.05) is 12.7 Å². The van der Waals surface area contributed by atoms with Crippen molar-refractivity contribution < 1.29 is 24.2 Å². The van der Waals surface area contributed by atoms with E-state index < -0.39 is 29.6 Å². The summed E-state index contributed by atoms with van der Waals surface area (Å²) in [7, 11) is 0. The van der Waals surface area contributed by atoms with E-state index in [-0.39, 0.29) is 13.0 Å². The molecule has 0 aliphatic rings. The molecule has 0 bridgehead atoms. The highest BCUT2D eigenvalue weighted by molar-refractivity contribution is 5.79. The third kappa shape index (κ3) is 7.06. The van der Waals surface area contributed by atoms with Crippen LogP contribution in [0.25, 0.3) is 0 Å². The van der Waals surface area contributed by atoms with E-state index in [2.05, 4.69) is 6.58 Å². The summed E-state index contributed by atoms with van der Waals surface area (Å²) < 4.78 is 10.3. The number of esters is 1. The molecule has 0 spiro atoms. The van der Waals surface area contributed by atoms with Crippen molar-refractivity contribution in [2.75, 3.05) is 6.61 Å². The van der Waals surface area contributed by atoms with Gasteiger partial charge in [-0.3, -0.25) is 9.59 Å². The number of carbonyl (C=O) groups is 2. The minimum Gasteiger partial charge on any atom is -0.481 e. The highest BCUT2D eigenvalue weighted by Gasteiger charge is 2.31. The van der Waals surface area contributed by atoms with Crippen molar-refractivity contribution in [2.24, 2.45) is 5.92 Å². The molecule has 5 nitrogen and oxygen atoms in total. The van der Waals surface area contributed by atoms with E-state index in [0.29, 0.717) is 0 Å². The summed E-state index contributed by atoms with van der Waals surface area (Å²) in [6.45, 7) is 10.6. The Bertz CT molecular complexity index is 303. The van der Waals surface area contributed by atoms with Crippen LogP contribution in [0.2, 0.25) is 0 Å². The molecule has 104 valence electrons. The van der Waals surface area contributed by atoms with E-state index in [0.717, 1.165) is 0 Å².